The molecule has 0 unspecified atom stereocenters. The van der Waals surface area contributed by atoms with Gasteiger partial charge in [0.2, 0.25) is 0 Å². The molecule has 0 bridgehead atoms. The van der Waals surface area contributed by atoms with Crippen LogP contribution in [0.5, 0.6) is 0 Å². The Labute approximate surface area is 98.4 Å². The van der Waals surface area contributed by atoms with Gasteiger partial charge in [0.25, 0.3) is 5.69 Å². The van der Waals surface area contributed by atoms with Crippen molar-refractivity contribution in [3.8, 4) is 11.1 Å². The van der Waals surface area contributed by atoms with E-state index in [4.69, 9.17) is 0 Å². The topological polar surface area (TPSA) is 56.0 Å². The summed E-state index contributed by atoms with van der Waals surface area (Å²) in [6.07, 6.45) is 4.83. The lowest BCUT2D eigenvalue weighted by molar-refractivity contribution is -0.384. The minimum atomic E-state index is -0.386. The number of benzene rings is 1. The Balaban J connectivity index is 2.73. The second kappa shape index (κ2) is 4.57. The van der Waals surface area contributed by atoms with Gasteiger partial charge >= 0.3 is 0 Å². The first-order chi connectivity index (χ1) is 8.24. The molecule has 1 aromatic carbocycles. The van der Waals surface area contributed by atoms with E-state index >= 15 is 0 Å². The second-order valence-electron chi connectivity index (χ2n) is 3.44. The largest absolute Gasteiger partial charge is 0.277 e. The van der Waals surface area contributed by atoms with Crippen LogP contribution in [0.1, 0.15) is 5.56 Å². The van der Waals surface area contributed by atoms with E-state index in [2.05, 4.69) is 11.6 Å². The van der Waals surface area contributed by atoms with Crippen molar-refractivity contribution < 1.29 is 4.92 Å². The Bertz CT molecular complexity index is 565. The van der Waals surface area contributed by atoms with Crippen LogP contribution in [0.2, 0.25) is 0 Å². The number of rotatable bonds is 3. The number of hydrogen-bond acceptors (Lipinski definition) is 3. The summed E-state index contributed by atoms with van der Waals surface area (Å²) in [4.78, 5) is 14.5. The minimum Gasteiger partial charge on any atom is -0.265 e. The van der Waals surface area contributed by atoms with Gasteiger partial charge in [-0.3, -0.25) is 15.1 Å². The predicted molar refractivity (Wildman–Crippen MR) is 66.4 cm³/mol. The van der Waals surface area contributed by atoms with E-state index in [-0.39, 0.29) is 10.6 Å². The number of hydrogen-bond donors (Lipinski definition) is 0. The molecular weight excluding hydrogens is 216 g/mol. The minimum absolute atomic E-state index is 0.0774. The number of nitro groups is 1. The molecule has 0 radical (unpaired) electrons. The van der Waals surface area contributed by atoms with Crippen LogP contribution in [0.3, 0.4) is 0 Å². The summed E-state index contributed by atoms with van der Waals surface area (Å²) in [7, 11) is 0. The van der Waals surface area contributed by atoms with E-state index in [9.17, 15) is 10.1 Å². The lowest BCUT2D eigenvalue weighted by Crippen LogP contribution is -1.94. The summed E-state index contributed by atoms with van der Waals surface area (Å²) in [5.74, 6) is 0. The summed E-state index contributed by atoms with van der Waals surface area (Å²) in [5.41, 5.74) is 2.16. The molecular formula is C13H10N2O2. The molecule has 2 rings (SSSR count). The smallest absolute Gasteiger partial charge is 0.265 e. The maximum absolute atomic E-state index is 11.0. The van der Waals surface area contributed by atoms with Crippen molar-refractivity contribution in [3.63, 3.8) is 0 Å². The van der Waals surface area contributed by atoms with Gasteiger partial charge in [-0.05, 0) is 23.3 Å². The van der Waals surface area contributed by atoms with Gasteiger partial charge in [0.1, 0.15) is 0 Å². The van der Waals surface area contributed by atoms with Crippen LogP contribution >= 0.6 is 0 Å². The number of aromatic nitrogens is 1. The van der Waals surface area contributed by atoms with Crippen molar-refractivity contribution in [2.75, 3.05) is 0 Å². The van der Waals surface area contributed by atoms with Gasteiger partial charge in [-0.15, -0.1) is 0 Å². The van der Waals surface area contributed by atoms with Crippen molar-refractivity contribution in [3.05, 3.63) is 65.0 Å². The number of nitro benzene ring substituents is 1. The highest BCUT2D eigenvalue weighted by Crippen LogP contribution is 2.33. The molecule has 0 atom stereocenters. The molecule has 0 aliphatic rings. The van der Waals surface area contributed by atoms with Crippen LogP contribution < -0.4 is 0 Å². The summed E-state index contributed by atoms with van der Waals surface area (Å²) < 4.78 is 0. The quantitative estimate of drug-likeness (QED) is 0.596. The standard InChI is InChI=1S/C13H10N2O2/c1-2-10-4-3-5-12(15(16)17)13(10)11-6-8-14-9-7-11/h2-9H,1H2. The van der Waals surface area contributed by atoms with Gasteiger partial charge < -0.3 is 0 Å². The Hall–Kier alpha value is -2.49. The molecule has 1 heterocycles. The van der Waals surface area contributed by atoms with Crippen LogP contribution in [0.15, 0.2) is 49.3 Å². The molecule has 0 saturated carbocycles. The number of pyridine rings is 1. The first-order valence-corrected chi connectivity index (χ1v) is 5.04. The predicted octanol–water partition coefficient (Wildman–Crippen LogP) is 3.30. The zero-order valence-electron chi connectivity index (χ0n) is 9.04. The normalized spacial score (nSPS) is 9.88. The van der Waals surface area contributed by atoms with Gasteiger partial charge in [0, 0.05) is 18.5 Å². The molecule has 4 heteroatoms. The summed E-state index contributed by atoms with van der Waals surface area (Å²) in [6.45, 7) is 3.68. The van der Waals surface area contributed by atoms with Crippen molar-refractivity contribution in [1.82, 2.24) is 4.98 Å². The molecule has 0 saturated heterocycles. The molecule has 0 aliphatic carbocycles. The van der Waals surface area contributed by atoms with E-state index in [0.29, 0.717) is 5.56 Å². The third-order valence-corrected chi connectivity index (χ3v) is 2.46. The first kappa shape index (κ1) is 11.0. The lowest BCUT2D eigenvalue weighted by Gasteiger charge is -2.06. The highest BCUT2D eigenvalue weighted by molar-refractivity contribution is 5.82. The Kier molecular flexibility index (Phi) is 2.96. The average molecular weight is 226 g/mol. The van der Waals surface area contributed by atoms with Crippen molar-refractivity contribution in [1.29, 1.82) is 0 Å². The fourth-order valence-corrected chi connectivity index (χ4v) is 1.71. The molecule has 0 fully saturated rings. The molecule has 0 spiro atoms. The fourth-order valence-electron chi connectivity index (χ4n) is 1.71. The van der Waals surface area contributed by atoms with Crippen LogP contribution in [0.25, 0.3) is 17.2 Å². The van der Waals surface area contributed by atoms with E-state index in [1.165, 1.54) is 6.07 Å². The van der Waals surface area contributed by atoms with E-state index < -0.39 is 0 Å². The first-order valence-electron chi connectivity index (χ1n) is 5.04. The summed E-state index contributed by atoms with van der Waals surface area (Å²) in [6, 6.07) is 8.43. The summed E-state index contributed by atoms with van der Waals surface area (Å²) >= 11 is 0. The van der Waals surface area contributed by atoms with Crippen LogP contribution in [-0.2, 0) is 0 Å². The van der Waals surface area contributed by atoms with Crippen molar-refractivity contribution >= 4 is 11.8 Å². The van der Waals surface area contributed by atoms with Crippen LogP contribution in [0.4, 0.5) is 5.69 Å². The molecule has 0 aliphatic heterocycles. The van der Waals surface area contributed by atoms with Crippen LogP contribution in [-0.4, -0.2) is 9.91 Å². The molecule has 1 aromatic heterocycles. The zero-order valence-corrected chi connectivity index (χ0v) is 9.04. The highest BCUT2D eigenvalue weighted by atomic mass is 16.6. The molecule has 0 amide bonds. The Morgan fingerprint density at radius 2 is 1.94 bits per heavy atom. The molecule has 2 aromatic rings. The third-order valence-electron chi connectivity index (χ3n) is 2.46. The average Bonchev–Trinajstić information content (AvgIpc) is 2.38. The molecule has 0 N–H and O–H groups in total. The van der Waals surface area contributed by atoms with E-state index in [0.717, 1.165) is 11.1 Å². The summed E-state index contributed by atoms with van der Waals surface area (Å²) in [5, 5.41) is 11.0. The molecule has 17 heavy (non-hydrogen) atoms. The van der Waals surface area contributed by atoms with E-state index in [1.54, 1.807) is 42.7 Å². The van der Waals surface area contributed by atoms with Gasteiger partial charge in [-0.2, -0.15) is 0 Å². The monoisotopic (exact) mass is 226 g/mol. The maximum atomic E-state index is 11.0. The second-order valence-corrected chi connectivity index (χ2v) is 3.44. The van der Waals surface area contributed by atoms with Gasteiger partial charge in [-0.1, -0.05) is 24.8 Å². The zero-order chi connectivity index (χ0) is 12.3. The van der Waals surface area contributed by atoms with E-state index in [1.807, 2.05) is 0 Å². The lowest BCUT2D eigenvalue weighted by atomic mass is 9.99. The number of nitrogens with zero attached hydrogens (tertiary/aromatic N) is 2. The van der Waals surface area contributed by atoms with Gasteiger partial charge in [0.05, 0.1) is 10.5 Å². The van der Waals surface area contributed by atoms with Crippen LogP contribution in [0, 0.1) is 10.1 Å². The molecule has 84 valence electrons. The highest BCUT2D eigenvalue weighted by Gasteiger charge is 2.17. The maximum Gasteiger partial charge on any atom is 0.277 e. The Morgan fingerprint density at radius 1 is 1.24 bits per heavy atom. The Morgan fingerprint density at radius 3 is 2.53 bits per heavy atom. The molecule has 4 nitrogen and oxygen atoms in total. The van der Waals surface area contributed by atoms with Gasteiger partial charge in [-0.25, -0.2) is 0 Å². The van der Waals surface area contributed by atoms with Crippen molar-refractivity contribution in [2.24, 2.45) is 0 Å². The van der Waals surface area contributed by atoms with Gasteiger partial charge in [0.15, 0.2) is 0 Å². The SMILES string of the molecule is C=Cc1cccc([N+](=O)[O-])c1-c1ccncc1. The third kappa shape index (κ3) is 2.06. The fraction of sp³-hybridized carbons (Fsp3) is 0. The van der Waals surface area contributed by atoms with Crippen molar-refractivity contribution in [2.45, 2.75) is 0 Å².